The van der Waals surface area contributed by atoms with Crippen LogP contribution in [0.4, 0.5) is 15.8 Å². The van der Waals surface area contributed by atoms with Crippen molar-refractivity contribution in [1.29, 1.82) is 0 Å². The van der Waals surface area contributed by atoms with Crippen LogP contribution in [0.25, 0.3) is 0 Å². The number of fused-ring (bicyclic) bond motifs is 1. The van der Waals surface area contributed by atoms with Gasteiger partial charge in [-0.05, 0) is 35.6 Å². The molecule has 0 saturated heterocycles. The van der Waals surface area contributed by atoms with Crippen molar-refractivity contribution in [2.24, 2.45) is 0 Å². The van der Waals surface area contributed by atoms with Gasteiger partial charge in [-0.2, -0.15) is 0 Å². The van der Waals surface area contributed by atoms with Crippen molar-refractivity contribution in [2.75, 3.05) is 5.32 Å². The van der Waals surface area contributed by atoms with Crippen LogP contribution in [0, 0.1) is 15.9 Å². The molecule has 1 unspecified atom stereocenters. The molecule has 2 aromatic rings. The van der Waals surface area contributed by atoms with Gasteiger partial charge in [0.05, 0.1) is 21.2 Å². The number of benzene rings is 1. The maximum atomic E-state index is 13.2. The first-order valence-corrected chi connectivity index (χ1v) is 8.25. The van der Waals surface area contributed by atoms with Gasteiger partial charge in [0.2, 0.25) is 0 Å². The molecule has 0 fully saturated rings. The molecule has 7 heteroatoms. The summed E-state index contributed by atoms with van der Waals surface area (Å²) in [7, 11) is 0. The van der Waals surface area contributed by atoms with Gasteiger partial charge >= 0.3 is 0 Å². The molecule has 1 aromatic carbocycles. The van der Waals surface area contributed by atoms with Crippen molar-refractivity contribution in [3.8, 4) is 0 Å². The zero-order valence-electron chi connectivity index (χ0n) is 11.2. The van der Waals surface area contributed by atoms with Gasteiger partial charge in [0.25, 0.3) is 5.69 Å². The molecule has 2 heterocycles. The lowest BCUT2D eigenvalue weighted by Gasteiger charge is -2.28. The molecule has 1 aliphatic rings. The first-order chi connectivity index (χ1) is 10.0. The topological polar surface area (TPSA) is 55.2 Å². The van der Waals surface area contributed by atoms with Gasteiger partial charge in [0.15, 0.2) is 0 Å². The van der Waals surface area contributed by atoms with Gasteiger partial charge < -0.3 is 5.32 Å². The maximum absolute atomic E-state index is 13.2. The predicted molar refractivity (Wildman–Crippen MR) is 83.7 cm³/mol. The van der Waals surface area contributed by atoms with Gasteiger partial charge in [-0.15, -0.1) is 23.1 Å². The molecule has 1 N–H and O–H groups in total. The highest BCUT2D eigenvalue weighted by molar-refractivity contribution is 8.01. The molecule has 21 heavy (non-hydrogen) atoms. The van der Waals surface area contributed by atoms with Crippen molar-refractivity contribution in [2.45, 2.75) is 28.8 Å². The largest absolute Gasteiger partial charge is 0.373 e. The third-order valence-corrected chi connectivity index (χ3v) is 5.74. The average molecular weight is 324 g/mol. The van der Waals surface area contributed by atoms with Crippen molar-refractivity contribution in [1.82, 2.24) is 0 Å². The Hall–Kier alpha value is -1.60. The van der Waals surface area contributed by atoms with E-state index in [9.17, 15) is 14.5 Å². The number of nitro benzene ring substituents is 1. The minimum Gasteiger partial charge on any atom is -0.373 e. The lowest BCUT2D eigenvalue weighted by atomic mass is 10.0. The Morgan fingerprint density at radius 1 is 1.43 bits per heavy atom. The monoisotopic (exact) mass is 324 g/mol. The standard InChI is InChI=1S/C14H13FN2O2S2/c1-8-6-12(10-4-5-20-14(10)21-8)16-11-3-2-9(15)7-13(11)17(18)19/h2-5,7-8,12,16H,6H2,1H3/t8-,12?/m0/s1. The second-order valence-corrected chi connectivity index (χ2v) is 7.57. The summed E-state index contributed by atoms with van der Waals surface area (Å²) in [6.45, 7) is 2.14. The summed E-state index contributed by atoms with van der Waals surface area (Å²) in [5.41, 5.74) is 1.31. The van der Waals surface area contributed by atoms with E-state index >= 15 is 0 Å². The van der Waals surface area contributed by atoms with E-state index in [1.54, 1.807) is 11.3 Å². The fourth-order valence-electron chi connectivity index (χ4n) is 2.45. The Balaban J connectivity index is 1.93. The van der Waals surface area contributed by atoms with E-state index in [1.807, 2.05) is 23.2 Å². The first-order valence-electron chi connectivity index (χ1n) is 6.49. The summed E-state index contributed by atoms with van der Waals surface area (Å²) >= 11 is 3.52. The number of nitrogens with one attached hydrogen (secondary N) is 1. The Bertz CT molecular complexity index is 689. The average Bonchev–Trinajstić information content (AvgIpc) is 2.88. The summed E-state index contributed by atoms with van der Waals surface area (Å²) in [5.74, 6) is -0.601. The SMILES string of the molecule is C[C@H]1CC(Nc2ccc(F)cc2[N+](=O)[O-])c2ccsc2S1. The fraction of sp³-hybridized carbons (Fsp3) is 0.286. The molecule has 4 nitrogen and oxygen atoms in total. The van der Waals surface area contributed by atoms with E-state index in [0.717, 1.165) is 12.5 Å². The molecular formula is C14H13FN2O2S2. The third kappa shape index (κ3) is 2.89. The number of thioether (sulfide) groups is 1. The first kappa shape index (κ1) is 14.3. The zero-order chi connectivity index (χ0) is 15.0. The van der Waals surface area contributed by atoms with Crippen LogP contribution in [0.2, 0.25) is 0 Å². The quantitative estimate of drug-likeness (QED) is 0.649. The second-order valence-electron chi connectivity index (χ2n) is 4.94. The molecule has 0 amide bonds. The number of thiophene rings is 1. The van der Waals surface area contributed by atoms with Gasteiger partial charge in [-0.25, -0.2) is 4.39 Å². The lowest BCUT2D eigenvalue weighted by molar-refractivity contribution is -0.384. The summed E-state index contributed by atoms with van der Waals surface area (Å²) in [6.07, 6.45) is 0.878. The van der Waals surface area contributed by atoms with E-state index in [1.165, 1.54) is 21.9 Å². The summed E-state index contributed by atoms with van der Waals surface area (Å²) in [5, 5.41) is 16.8. The summed E-state index contributed by atoms with van der Waals surface area (Å²) in [4.78, 5) is 10.5. The van der Waals surface area contributed by atoms with Crippen LogP contribution in [-0.2, 0) is 0 Å². The molecule has 0 saturated carbocycles. The second kappa shape index (κ2) is 5.65. The smallest absolute Gasteiger partial charge is 0.295 e. The molecule has 1 aromatic heterocycles. The number of halogens is 1. The molecular weight excluding hydrogens is 311 g/mol. The van der Waals surface area contributed by atoms with Crippen LogP contribution in [0.3, 0.4) is 0 Å². The fourth-order valence-corrected chi connectivity index (χ4v) is 5.02. The molecule has 0 spiro atoms. The van der Waals surface area contributed by atoms with Crippen molar-refractivity contribution < 1.29 is 9.31 Å². The van der Waals surface area contributed by atoms with Crippen molar-refractivity contribution in [3.05, 3.63) is 51.1 Å². The van der Waals surface area contributed by atoms with Crippen LogP contribution >= 0.6 is 23.1 Å². The van der Waals surface area contributed by atoms with Crippen LogP contribution in [0.1, 0.15) is 24.9 Å². The molecule has 0 aliphatic carbocycles. The van der Waals surface area contributed by atoms with Crippen LogP contribution in [0.15, 0.2) is 33.9 Å². The number of rotatable bonds is 3. The Kier molecular flexibility index (Phi) is 3.86. The van der Waals surface area contributed by atoms with E-state index in [4.69, 9.17) is 0 Å². The number of nitrogens with zero attached hydrogens (tertiary/aromatic N) is 1. The molecule has 1 aliphatic heterocycles. The van der Waals surface area contributed by atoms with Crippen LogP contribution in [-0.4, -0.2) is 10.2 Å². The van der Waals surface area contributed by atoms with Gasteiger partial charge in [-0.1, -0.05) is 6.92 Å². The molecule has 2 atom stereocenters. The number of nitro groups is 1. The van der Waals surface area contributed by atoms with E-state index in [2.05, 4.69) is 12.2 Å². The molecule has 0 radical (unpaired) electrons. The van der Waals surface area contributed by atoms with Gasteiger partial charge in [-0.3, -0.25) is 10.1 Å². The molecule has 110 valence electrons. The lowest BCUT2D eigenvalue weighted by Crippen LogP contribution is -2.19. The number of hydrogen-bond donors (Lipinski definition) is 1. The summed E-state index contributed by atoms with van der Waals surface area (Å²) in [6, 6.07) is 5.70. The Labute approximate surface area is 129 Å². The zero-order valence-corrected chi connectivity index (χ0v) is 12.8. The third-order valence-electron chi connectivity index (χ3n) is 3.40. The number of anilines is 1. The van der Waals surface area contributed by atoms with Crippen molar-refractivity contribution >= 4 is 34.5 Å². The minimum atomic E-state index is -0.601. The van der Waals surface area contributed by atoms with E-state index in [0.29, 0.717) is 10.9 Å². The summed E-state index contributed by atoms with van der Waals surface area (Å²) < 4.78 is 14.4. The van der Waals surface area contributed by atoms with Crippen LogP contribution < -0.4 is 5.32 Å². The normalized spacial score (nSPS) is 20.9. The predicted octanol–water partition coefficient (Wildman–Crippen LogP) is 4.83. The molecule has 3 rings (SSSR count). The highest BCUT2D eigenvalue weighted by atomic mass is 32.2. The van der Waals surface area contributed by atoms with E-state index in [-0.39, 0.29) is 11.7 Å². The van der Waals surface area contributed by atoms with Crippen LogP contribution in [0.5, 0.6) is 0 Å². The highest BCUT2D eigenvalue weighted by Crippen LogP contribution is 2.45. The highest BCUT2D eigenvalue weighted by Gasteiger charge is 2.28. The van der Waals surface area contributed by atoms with Crippen molar-refractivity contribution in [3.63, 3.8) is 0 Å². The number of hydrogen-bond acceptors (Lipinski definition) is 5. The molecule has 0 bridgehead atoms. The minimum absolute atomic E-state index is 0.0201. The van der Waals surface area contributed by atoms with Gasteiger partial charge in [0.1, 0.15) is 11.5 Å². The maximum Gasteiger partial charge on any atom is 0.295 e. The van der Waals surface area contributed by atoms with E-state index < -0.39 is 10.7 Å². The Morgan fingerprint density at radius 2 is 2.24 bits per heavy atom. The Morgan fingerprint density at radius 3 is 3.00 bits per heavy atom. The van der Waals surface area contributed by atoms with Gasteiger partial charge in [0, 0.05) is 5.25 Å².